The minimum atomic E-state index is -3.49. The maximum absolute atomic E-state index is 13.7. The Morgan fingerprint density at radius 1 is 1.18 bits per heavy atom. The molecule has 7 nitrogen and oxygen atoms in total. The number of rotatable bonds is 9. The van der Waals surface area contributed by atoms with E-state index in [-0.39, 0.29) is 11.8 Å². The molecule has 2 aromatic heterocycles. The number of nitrogens with zero attached hydrogens (tertiary/aromatic N) is 4. The van der Waals surface area contributed by atoms with Gasteiger partial charge in [0.05, 0.1) is 10.2 Å². The number of fused-ring (bicyclic) bond motifs is 1. The van der Waals surface area contributed by atoms with E-state index in [0.717, 1.165) is 29.9 Å². The molecule has 0 saturated carbocycles. The van der Waals surface area contributed by atoms with Gasteiger partial charge in [-0.25, -0.2) is 13.4 Å². The van der Waals surface area contributed by atoms with Crippen LogP contribution >= 0.6 is 34.3 Å². The van der Waals surface area contributed by atoms with Crippen LogP contribution in [0.2, 0.25) is 5.02 Å². The molecule has 34 heavy (non-hydrogen) atoms. The SMILES string of the molecule is CCN(CC)CCN(C(=O)C1CCN(S(=O)(=O)c2cccs2)CC1)c1nc2ccc(Cl)cc2s1. The van der Waals surface area contributed by atoms with Crippen LogP contribution in [0, 0.1) is 5.92 Å². The monoisotopic (exact) mass is 540 g/mol. The van der Waals surface area contributed by atoms with Crippen molar-refractivity contribution in [1.29, 1.82) is 0 Å². The number of halogens is 1. The van der Waals surface area contributed by atoms with Gasteiger partial charge in [-0.15, -0.1) is 11.3 Å². The van der Waals surface area contributed by atoms with Crippen LogP contribution in [-0.2, 0) is 14.8 Å². The van der Waals surface area contributed by atoms with Gasteiger partial charge in [-0.3, -0.25) is 9.69 Å². The lowest BCUT2D eigenvalue weighted by Crippen LogP contribution is -2.46. The number of sulfonamides is 1. The van der Waals surface area contributed by atoms with Crippen molar-refractivity contribution < 1.29 is 13.2 Å². The lowest BCUT2D eigenvalue weighted by atomic mass is 9.96. The predicted molar refractivity (Wildman–Crippen MR) is 141 cm³/mol. The highest BCUT2D eigenvalue weighted by atomic mass is 35.5. The fourth-order valence-electron chi connectivity index (χ4n) is 4.18. The van der Waals surface area contributed by atoms with Gasteiger partial charge in [-0.05, 0) is 55.6 Å². The third-order valence-corrected chi connectivity index (χ3v) is 10.8. The number of aromatic nitrogens is 1. The van der Waals surface area contributed by atoms with Crippen molar-refractivity contribution in [3.8, 4) is 0 Å². The standard InChI is InChI=1S/C23H29ClN4O3S3/c1-3-26(4-2)13-14-28(23-25-19-8-7-18(24)16-20(19)33-23)22(29)17-9-11-27(12-10-17)34(30,31)21-6-5-15-32-21/h5-8,15-17H,3-4,9-14H2,1-2H3. The van der Waals surface area contributed by atoms with E-state index in [9.17, 15) is 13.2 Å². The molecule has 1 amide bonds. The summed E-state index contributed by atoms with van der Waals surface area (Å²) >= 11 is 8.85. The van der Waals surface area contributed by atoms with E-state index >= 15 is 0 Å². The zero-order valence-electron chi connectivity index (χ0n) is 19.3. The van der Waals surface area contributed by atoms with Gasteiger partial charge in [0, 0.05) is 37.1 Å². The summed E-state index contributed by atoms with van der Waals surface area (Å²) in [5, 5.41) is 3.08. The number of thiazole rings is 1. The lowest BCUT2D eigenvalue weighted by molar-refractivity contribution is -0.123. The van der Waals surface area contributed by atoms with E-state index in [1.54, 1.807) is 28.5 Å². The first-order chi connectivity index (χ1) is 16.3. The highest BCUT2D eigenvalue weighted by Gasteiger charge is 2.35. The van der Waals surface area contributed by atoms with Crippen LogP contribution in [0.3, 0.4) is 0 Å². The lowest BCUT2D eigenvalue weighted by Gasteiger charge is -2.33. The topological polar surface area (TPSA) is 73.8 Å². The number of carbonyl (C=O) groups excluding carboxylic acids is 1. The second-order valence-electron chi connectivity index (χ2n) is 8.24. The summed E-state index contributed by atoms with van der Waals surface area (Å²) in [5.74, 6) is -0.215. The van der Waals surface area contributed by atoms with Crippen molar-refractivity contribution >= 4 is 65.6 Å². The molecule has 0 aliphatic carbocycles. The number of benzene rings is 1. The molecule has 184 valence electrons. The normalized spacial score (nSPS) is 15.9. The van der Waals surface area contributed by atoms with Crippen LogP contribution < -0.4 is 4.90 Å². The van der Waals surface area contributed by atoms with Crippen molar-refractivity contribution in [1.82, 2.24) is 14.2 Å². The second-order valence-corrected chi connectivity index (χ2v) is 12.8. The minimum absolute atomic E-state index is 0.0190. The maximum atomic E-state index is 13.7. The summed E-state index contributed by atoms with van der Waals surface area (Å²) in [5.41, 5.74) is 0.821. The molecule has 0 radical (unpaired) electrons. The first kappa shape index (κ1) is 25.5. The van der Waals surface area contributed by atoms with Gasteiger partial charge >= 0.3 is 0 Å². The van der Waals surface area contributed by atoms with Crippen LogP contribution in [0.1, 0.15) is 26.7 Å². The number of hydrogen-bond donors (Lipinski definition) is 0. The third-order valence-electron chi connectivity index (χ3n) is 6.26. The molecule has 4 rings (SSSR count). The van der Waals surface area contributed by atoms with E-state index in [1.807, 2.05) is 12.1 Å². The summed E-state index contributed by atoms with van der Waals surface area (Å²) in [6, 6.07) is 8.93. The number of likely N-dealkylation sites (N-methyl/N-ethyl adjacent to an activating group) is 1. The van der Waals surface area contributed by atoms with Crippen LogP contribution in [0.4, 0.5) is 5.13 Å². The molecule has 0 N–H and O–H groups in total. The molecule has 1 aliphatic rings. The molecule has 1 aliphatic heterocycles. The number of thiophene rings is 1. The van der Waals surface area contributed by atoms with Crippen molar-refractivity contribution in [2.24, 2.45) is 5.92 Å². The summed E-state index contributed by atoms with van der Waals surface area (Å²) in [6.45, 7) is 8.02. The van der Waals surface area contributed by atoms with Gasteiger partial charge in [-0.2, -0.15) is 4.31 Å². The first-order valence-corrected chi connectivity index (χ1v) is 15.0. The highest BCUT2D eigenvalue weighted by molar-refractivity contribution is 7.91. The quantitative estimate of drug-likeness (QED) is 0.390. The molecular weight excluding hydrogens is 512 g/mol. The van der Waals surface area contributed by atoms with Crippen molar-refractivity contribution in [3.63, 3.8) is 0 Å². The Hall–Kier alpha value is -1.56. The fraction of sp³-hybridized carbons (Fsp3) is 0.478. The van der Waals surface area contributed by atoms with E-state index < -0.39 is 10.0 Å². The smallest absolute Gasteiger partial charge is 0.252 e. The molecule has 3 heterocycles. The van der Waals surface area contributed by atoms with Crippen LogP contribution in [0.15, 0.2) is 39.9 Å². The molecular formula is C23H29ClN4O3S3. The van der Waals surface area contributed by atoms with E-state index in [1.165, 1.54) is 27.0 Å². The number of amides is 1. The fourth-order valence-corrected chi connectivity index (χ4v) is 8.07. The summed E-state index contributed by atoms with van der Waals surface area (Å²) in [4.78, 5) is 22.5. The predicted octanol–water partition coefficient (Wildman–Crippen LogP) is 4.79. The Morgan fingerprint density at radius 2 is 1.91 bits per heavy atom. The number of anilines is 1. The molecule has 1 saturated heterocycles. The zero-order chi connectivity index (χ0) is 24.3. The number of carbonyl (C=O) groups is 1. The summed E-state index contributed by atoms with van der Waals surface area (Å²) < 4.78 is 28.5. The third kappa shape index (κ3) is 5.47. The van der Waals surface area contributed by atoms with Crippen LogP contribution in [0.25, 0.3) is 10.2 Å². The average Bonchev–Trinajstić information content (AvgIpc) is 3.52. The van der Waals surface area contributed by atoms with E-state index in [0.29, 0.717) is 46.8 Å². The second kappa shape index (κ2) is 11.0. The molecule has 0 unspecified atom stereocenters. The highest BCUT2D eigenvalue weighted by Crippen LogP contribution is 2.33. The molecule has 3 aromatic rings. The summed E-state index contributed by atoms with van der Waals surface area (Å²) in [7, 11) is -3.49. The Kier molecular flexibility index (Phi) is 8.27. The van der Waals surface area contributed by atoms with Gasteiger partial charge in [0.15, 0.2) is 5.13 Å². The van der Waals surface area contributed by atoms with E-state index in [4.69, 9.17) is 16.6 Å². The maximum Gasteiger partial charge on any atom is 0.252 e. The Morgan fingerprint density at radius 3 is 2.56 bits per heavy atom. The van der Waals surface area contributed by atoms with Crippen LogP contribution in [-0.4, -0.2) is 67.8 Å². The van der Waals surface area contributed by atoms with Gasteiger partial charge in [0.2, 0.25) is 5.91 Å². The molecule has 1 aromatic carbocycles. The molecule has 0 atom stereocenters. The Labute approximate surface area is 214 Å². The van der Waals surface area contributed by atoms with Gasteiger partial charge in [-0.1, -0.05) is 42.9 Å². The zero-order valence-corrected chi connectivity index (χ0v) is 22.5. The van der Waals surface area contributed by atoms with Gasteiger partial charge in [0.1, 0.15) is 4.21 Å². The number of hydrogen-bond acceptors (Lipinski definition) is 7. The van der Waals surface area contributed by atoms with Crippen molar-refractivity contribution in [3.05, 3.63) is 40.7 Å². The van der Waals surface area contributed by atoms with Gasteiger partial charge < -0.3 is 4.90 Å². The minimum Gasteiger partial charge on any atom is -0.302 e. The van der Waals surface area contributed by atoms with Crippen molar-refractivity contribution in [2.45, 2.75) is 30.9 Å². The largest absolute Gasteiger partial charge is 0.302 e. The van der Waals surface area contributed by atoms with Gasteiger partial charge in [0.25, 0.3) is 10.0 Å². The molecule has 11 heteroatoms. The first-order valence-electron chi connectivity index (χ1n) is 11.5. The molecule has 0 spiro atoms. The number of piperidine rings is 1. The molecule has 0 bridgehead atoms. The molecule has 1 fully saturated rings. The summed E-state index contributed by atoms with van der Waals surface area (Å²) in [6.07, 6.45) is 1.00. The van der Waals surface area contributed by atoms with E-state index in [2.05, 4.69) is 18.7 Å². The average molecular weight is 541 g/mol. The van der Waals surface area contributed by atoms with Crippen molar-refractivity contribution in [2.75, 3.05) is 44.2 Å². The van der Waals surface area contributed by atoms with Crippen LogP contribution in [0.5, 0.6) is 0 Å². The Balaban J connectivity index is 1.52. The Bertz CT molecular complexity index is 1220.